The lowest BCUT2D eigenvalue weighted by Gasteiger charge is -2.15. The van der Waals surface area contributed by atoms with E-state index in [4.69, 9.17) is 14.0 Å². The molecule has 6 heteroatoms. The molecule has 0 aromatic carbocycles. The van der Waals surface area contributed by atoms with Crippen LogP contribution in [0.1, 0.15) is 56.8 Å². The molecule has 1 aliphatic heterocycles. The van der Waals surface area contributed by atoms with Gasteiger partial charge in [0.05, 0.1) is 19.1 Å². The standard InChI is InChI=1S/C14H25N3O3/c1-4-6-12(18-3)13-16-14(20-17-13)10-8-19-9-11(10)15-7-5-2/h10-12,15H,4-9H2,1-3H3. The van der Waals surface area contributed by atoms with E-state index in [9.17, 15) is 0 Å². The Balaban J connectivity index is 2.03. The summed E-state index contributed by atoms with van der Waals surface area (Å²) in [5, 5.41) is 7.54. The molecule has 6 nitrogen and oxygen atoms in total. The first-order valence-corrected chi connectivity index (χ1v) is 7.47. The number of rotatable bonds is 8. The van der Waals surface area contributed by atoms with Crippen LogP contribution in [0.3, 0.4) is 0 Å². The van der Waals surface area contributed by atoms with Crippen molar-refractivity contribution in [2.45, 2.75) is 51.2 Å². The van der Waals surface area contributed by atoms with Gasteiger partial charge in [-0.05, 0) is 19.4 Å². The van der Waals surface area contributed by atoms with Crippen LogP contribution in [0.15, 0.2) is 4.52 Å². The molecule has 0 spiro atoms. The highest BCUT2D eigenvalue weighted by molar-refractivity contribution is 5.03. The highest BCUT2D eigenvalue weighted by Crippen LogP contribution is 2.27. The van der Waals surface area contributed by atoms with Gasteiger partial charge in [0, 0.05) is 13.2 Å². The van der Waals surface area contributed by atoms with Gasteiger partial charge in [-0.3, -0.25) is 0 Å². The van der Waals surface area contributed by atoms with Crippen LogP contribution in [-0.2, 0) is 9.47 Å². The molecule has 2 rings (SSSR count). The van der Waals surface area contributed by atoms with Crippen LogP contribution in [-0.4, -0.2) is 43.1 Å². The maximum Gasteiger partial charge on any atom is 0.233 e. The van der Waals surface area contributed by atoms with Crippen molar-refractivity contribution in [2.24, 2.45) is 0 Å². The summed E-state index contributed by atoms with van der Waals surface area (Å²) >= 11 is 0. The summed E-state index contributed by atoms with van der Waals surface area (Å²) in [6, 6.07) is 0.260. The SMILES string of the molecule is CCCNC1COCC1c1nc(C(CCC)OC)no1. The average molecular weight is 283 g/mol. The molecule has 1 N–H and O–H groups in total. The molecule has 3 unspecified atom stereocenters. The van der Waals surface area contributed by atoms with Gasteiger partial charge < -0.3 is 19.3 Å². The molecule has 0 bridgehead atoms. The molecular formula is C14H25N3O3. The zero-order valence-electron chi connectivity index (χ0n) is 12.6. The van der Waals surface area contributed by atoms with E-state index in [0.29, 0.717) is 24.9 Å². The van der Waals surface area contributed by atoms with Crippen LogP contribution >= 0.6 is 0 Å². The van der Waals surface area contributed by atoms with Gasteiger partial charge in [-0.1, -0.05) is 25.4 Å². The van der Waals surface area contributed by atoms with Gasteiger partial charge in [0.1, 0.15) is 6.10 Å². The van der Waals surface area contributed by atoms with Gasteiger partial charge in [-0.15, -0.1) is 0 Å². The van der Waals surface area contributed by atoms with E-state index in [1.54, 1.807) is 7.11 Å². The fraction of sp³-hybridized carbons (Fsp3) is 0.857. The monoisotopic (exact) mass is 283 g/mol. The lowest BCUT2D eigenvalue weighted by atomic mass is 10.0. The van der Waals surface area contributed by atoms with Gasteiger partial charge in [0.25, 0.3) is 0 Å². The summed E-state index contributed by atoms with van der Waals surface area (Å²) in [4.78, 5) is 4.52. The lowest BCUT2D eigenvalue weighted by Crippen LogP contribution is -2.35. The van der Waals surface area contributed by atoms with Crippen molar-refractivity contribution < 1.29 is 14.0 Å². The van der Waals surface area contributed by atoms with E-state index in [1.807, 2.05) is 0 Å². The quantitative estimate of drug-likeness (QED) is 0.787. The average Bonchev–Trinajstić information content (AvgIpc) is 3.10. The van der Waals surface area contributed by atoms with E-state index in [1.165, 1.54) is 0 Å². The Morgan fingerprint density at radius 2 is 2.20 bits per heavy atom. The highest BCUT2D eigenvalue weighted by atomic mass is 16.5. The third kappa shape index (κ3) is 3.56. The first kappa shape index (κ1) is 15.4. The molecule has 114 valence electrons. The molecule has 0 aliphatic carbocycles. The highest BCUT2D eigenvalue weighted by Gasteiger charge is 2.34. The largest absolute Gasteiger partial charge is 0.379 e. The molecule has 0 radical (unpaired) electrons. The van der Waals surface area contributed by atoms with Crippen molar-refractivity contribution in [3.63, 3.8) is 0 Å². The second-order valence-electron chi connectivity index (χ2n) is 5.21. The summed E-state index contributed by atoms with van der Waals surface area (Å²) < 4.78 is 16.4. The molecule has 0 amide bonds. The van der Waals surface area contributed by atoms with E-state index >= 15 is 0 Å². The minimum atomic E-state index is -0.0816. The van der Waals surface area contributed by atoms with Crippen molar-refractivity contribution in [1.82, 2.24) is 15.5 Å². The Kier molecular flexibility index (Phi) is 5.94. The normalized spacial score (nSPS) is 24.1. The molecule has 2 heterocycles. The van der Waals surface area contributed by atoms with Crippen molar-refractivity contribution >= 4 is 0 Å². The zero-order chi connectivity index (χ0) is 14.4. The van der Waals surface area contributed by atoms with Crippen molar-refractivity contribution in [2.75, 3.05) is 26.9 Å². The lowest BCUT2D eigenvalue weighted by molar-refractivity contribution is 0.0854. The second kappa shape index (κ2) is 7.71. The Labute approximate surface area is 120 Å². The first-order valence-electron chi connectivity index (χ1n) is 7.47. The molecule has 1 saturated heterocycles. The van der Waals surface area contributed by atoms with Gasteiger partial charge in [-0.2, -0.15) is 4.98 Å². The zero-order valence-corrected chi connectivity index (χ0v) is 12.6. The van der Waals surface area contributed by atoms with Gasteiger partial charge in [0.15, 0.2) is 0 Å². The molecule has 1 aromatic heterocycles. The van der Waals surface area contributed by atoms with Gasteiger partial charge >= 0.3 is 0 Å². The fourth-order valence-corrected chi connectivity index (χ4v) is 2.47. The number of hydrogen-bond acceptors (Lipinski definition) is 6. The molecule has 1 fully saturated rings. The molecule has 3 atom stereocenters. The molecule has 20 heavy (non-hydrogen) atoms. The predicted molar refractivity (Wildman–Crippen MR) is 74.6 cm³/mol. The topological polar surface area (TPSA) is 69.4 Å². The number of hydrogen-bond donors (Lipinski definition) is 1. The minimum absolute atomic E-state index is 0.0816. The predicted octanol–water partition coefficient (Wildman–Crippen LogP) is 2.04. The summed E-state index contributed by atoms with van der Waals surface area (Å²) in [6.45, 7) is 6.57. The smallest absolute Gasteiger partial charge is 0.233 e. The van der Waals surface area contributed by atoms with Crippen LogP contribution in [0.2, 0.25) is 0 Å². The van der Waals surface area contributed by atoms with E-state index in [2.05, 4.69) is 29.3 Å². The van der Waals surface area contributed by atoms with Crippen LogP contribution in [0.4, 0.5) is 0 Å². The summed E-state index contributed by atoms with van der Waals surface area (Å²) in [5.74, 6) is 1.44. The number of methoxy groups -OCH3 is 1. The van der Waals surface area contributed by atoms with E-state index in [-0.39, 0.29) is 18.1 Å². The van der Waals surface area contributed by atoms with Crippen molar-refractivity contribution in [3.8, 4) is 0 Å². The molecular weight excluding hydrogens is 258 g/mol. The number of nitrogens with zero attached hydrogens (tertiary/aromatic N) is 2. The van der Waals surface area contributed by atoms with E-state index in [0.717, 1.165) is 25.8 Å². The van der Waals surface area contributed by atoms with Crippen LogP contribution < -0.4 is 5.32 Å². The maximum absolute atomic E-state index is 5.54. The van der Waals surface area contributed by atoms with Crippen molar-refractivity contribution in [3.05, 3.63) is 11.7 Å². The molecule has 0 saturated carbocycles. The Hall–Kier alpha value is -0.980. The number of ether oxygens (including phenoxy) is 2. The second-order valence-corrected chi connectivity index (χ2v) is 5.21. The van der Waals surface area contributed by atoms with Crippen molar-refractivity contribution in [1.29, 1.82) is 0 Å². The first-order chi connectivity index (χ1) is 9.80. The number of aromatic nitrogens is 2. The van der Waals surface area contributed by atoms with E-state index < -0.39 is 0 Å². The Morgan fingerprint density at radius 1 is 1.35 bits per heavy atom. The summed E-state index contributed by atoms with van der Waals surface area (Å²) in [5.41, 5.74) is 0. The number of nitrogens with one attached hydrogen (secondary N) is 1. The Bertz CT molecular complexity index is 397. The summed E-state index contributed by atoms with van der Waals surface area (Å²) in [7, 11) is 1.68. The third-order valence-corrected chi connectivity index (χ3v) is 3.64. The molecule has 1 aliphatic rings. The Morgan fingerprint density at radius 3 is 2.90 bits per heavy atom. The van der Waals surface area contributed by atoms with Gasteiger partial charge in [0.2, 0.25) is 11.7 Å². The third-order valence-electron chi connectivity index (χ3n) is 3.64. The van der Waals surface area contributed by atoms with Crippen LogP contribution in [0, 0.1) is 0 Å². The summed E-state index contributed by atoms with van der Waals surface area (Å²) in [6.07, 6.45) is 2.94. The maximum atomic E-state index is 5.54. The minimum Gasteiger partial charge on any atom is -0.379 e. The van der Waals surface area contributed by atoms with Gasteiger partial charge in [-0.25, -0.2) is 0 Å². The van der Waals surface area contributed by atoms with Crippen LogP contribution in [0.25, 0.3) is 0 Å². The molecule has 1 aromatic rings. The van der Waals surface area contributed by atoms with Crippen LogP contribution in [0.5, 0.6) is 0 Å². The fourth-order valence-electron chi connectivity index (χ4n) is 2.47.